The van der Waals surface area contributed by atoms with Gasteiger partial charge in [0.1, 0.15) is 0 Å². The zero-order chi connectivity index (χ0) is 32.7. The first-order valence-electron chi connectivity index (χ1n) is 15.0. The van der Waals surface area contributed by atoms with Crippen molar-refractivity contribution in [3.05, 3.63) is 141 Å². The van der Waals surface area contributed by atoms with E-state index in [-0.39, 0.29) is 17.2 Å². The molecule has 6 rings (SSSR count). The summed E-state index contributed by atoms with van der Waals surface area (Å²) in [5.41, 5.74) is 5.41. The molecule has 0 fully saturated rings. The number of non-ortho nitro benzene ring substituents is 1. The van der Waals surface area contributed by atoms with E-state index in [0.717, 1.165) is 33.3 Å². The number of aromatic nitrogens is 2. The van der Waals surface area contributed by atoms with E-state index in [1.807, 2.05) is 70.2 Å². The van der Waals surface area contributed by atoms with Crippen molar-refractivity contribution in [3.63, 3.8) is 0 Å². The van der Waals surface area contributed by atoms with Gasteiger partial charge in [0.25, 0.3) is 17.2 Å². The third-order valence-corrected chi connectivity index (χ3v) is 9.77. The molecule has 1 aliphatic heterocycles. The maximum atomic E-state index is 14.3. The molecule has 3 heterocycles. The monoisotopic (exact) mass is 653 g/mol. The summed E-state index contributed by atoms with van der Waals surface area (Å²) in [6.07, 6.45) is 1.91. The predicted octanol–water partition coefficient (Wildman–Crippen LogP) is 5.98. The lowest BCUT2D eigenvalue weighted by molar-refractivity contribution is -0.384. The zero-order valence-corrected chi connectivity index (χ0v) is 27.4. The molecule has 3 aromatic carbocycles. The molecule has 1 amide bonds. The Hall–Kier alpha value is -4.80. The number of allylic oxidation sites excluding steroid dienone is 1. The van der Waals surface area contributed by atoms with Gasteiger partial charge >= 0.3 is 0 Å². The Labute approximate surface area is 274 Å². The highest BCUT2D eigenvalue weighted by atomic mass is 35.5. The number of hydrogen-bond acceptors (Lipinski definition) is 6. The highest BCUT2D eigenvalue weighted by Gasteiger charge is 2.34. The number of para-hydroxylation sites is 1. The Morgan fingerprint density at radius 1 is 1.04 bits per heavy atom. The maximum Gasteiger partial charge on any atom is 0.271 e. The quantitative estimate of drug-likeness (QED) is 0.152. The Morgan fingerprint density at radius 2 is 1.72 bits per heavy atom. The normalized spacial score (nSPS) is 14.8. The van der Waals surface area contributed by atoms with Crippen LogP contribution in [0.25, 0.3) is 17.0 Å². The molecule has 0 N–H and O–H groups in total. The van der Waals surface area contributed by atoms with E-state index in [1.54, 1.807) is 33.7 Å². The molecule has 11 heteroatoms. The van der Waals surface area contributed by atoms with E-state index in [1.165, 1.54) is 23.5 Å². The maximum absolute atomic E-state index is 14.3. The topological polar surface area (TPSA) is 103 Å². The number of thiazole rings is 1. The molecule has 234 valence electrons. The van der Waals surface area contributed by atoms with Crippen LogP contribution in [0.5, 0.6) is 0 Å². The first kappa shape index (κ1) is 31.2. The Balaban J connectivity index is 1.51. The number of carbonyl (C=O) groups excluding carboxylic acids is 1. The molecule has 0 aliphatic carbocycles. The molecule has 0 spiro atoms. The summed E-state index contributed by atoms with van der Waals surface area (Å²) in [6, 6.07) is 21.1. The fourth-order valence-electron chi connectivity index (χ4n) is 6.12. The van der Waals surface area contributed by atoms with Gasteiger partial charge in [0.05, 0.1) is 26.8 Å². The van der Waals surface area contributed by atoms with Crippen LogP contribution >= 0.6 is 22.9 Å². The summed E-state index contributed by atoms with van der Waals surface area (Å²) >= 11 is 7.53. The molecule has 0 saturated carbocycles. The summed E-state index contributed by atoms with van der Waals surface area (Å²) in [5, 5.41) is 12.7. The number of benzene rings is 3. The number of halogens is 1. The smallest absolute Gasteiger partial charge is 0.271 e. The van der Waals surface area contributed by atoms with Crippen LogP contribution < -0.4 is 14.9 Å². The number of rotatable bonds is 8. The van der Waals surface area contributed by atoms with Crippen LogP contribution in [0.4, 0.5) is 5.69 Å². The fraction of sp³-hybridized carbons (Fsp3) is 0.229. The van der Waals surface area contributed by atoms with Crippen LogP contribution in [0.2, 0.25) is 5.02 Å². The third kappa shape index (κ3) is 5.48. The molecule has 0 bridgehead atoms. The van der Waals surface area contributed by atoms with Crippen LogP contribution in [-0.4, -0.2) is 38.0 Å². The summed E-state index contributed by atoms with van der Waals surface area (Å²) in [5.74, 6) is -0.148. The van der Waals surface area contributed by atoms with Gasteiger partial charge in [0, 0.05) is 58.9 Å². The summed E-state index contributed by atoms with van der Waals surface area (Å²) < 4.78 is 4.29. The van der Waals surface area contributed by atoms with Crippen molar-refractivity contribution >= 4 is 51.5 Å². The number of hydrogen-bond donors (Lipinski definition) is 0. The first-order valence-corrected chi connectivity index (χ1v) is 16.2. The summed E-state index contributed by atoms with van der Waals surface area (Å²) in [4.78, 5) is 46.0. The fourth-order valence-corrected chi connectivity index (χ4v) is 7.27. The van der Waals surface area contributed by atoms with E-state index in [4.69, 9.17) is 16.6 Å². The molecule has 5 aromatic rings. The number of likely N-dealkylation sites (N-methyl/N-ethyl adjacent to an activating group) is 1. The molecule has 0 saturated heterocycles. The lowest BCUT2D eigenvalue weighted by Crippen LogP contribution is -2.43. The van der Waals surface area contributed by atoms with Gasteiger partial charge in [-0.05, 0) is 63.1 Å². The van der Waals surface area contributed by atoms with Gasteiger partial charge in [0.2, 0.25) is 0 Å². The van der Waals surface area contributed by atoms with Gasteiger partial charge in [-0.15, -0.1) is 0 Å². The van der Waals surface area contributed by atoms with E-state index in [9.17, 15) is 19.7 Å². The Kier molecular flexibility index (Phi) is 8.50. The molecular formula is C35H32ClN5O4S. The van der Waals surface area contributed by atoms with Crippen molar-refractivity contribution in [3.8, 4) is 0 Å². The summed E-state index contributed by atoms with van der Waals surface area (Å²) in [6.45, 7) is 9.28. The van der Waals surface area contributed by atoms with Crippen molar-refractivity contribution in [1.29, 1.82) is 0 Å². The average Bonchev–Trinajstić information content (AvgIpc) is 3.49. The molecule has 9 nitrogen and oxygen atoms in total. The molecule has 1 aliphatic rings. The van der Waals surface area contributed by atoms with E-state index >= 15 is 0 Å². The van der Waals surface area contributed by atoms with Crippen molar-refractivity contribution < 1.29 is 9.72 Å². The van der Waals surface area contributed by atoms with E-state index < -0.39 is 11.0 Å². The summed E-state index contributed by atoms with van der Waals surface area (Å²) in [7, 11) is 0. The number of nitro benzene ring substituents is 1. The Bertz CT molecular complexity index is 2210. The van der Waals surface area contributed by atoms with Crippen molar-refractivity contribution in [2.45, 2.75) is 40.3 Å². The lowest BCUT2D eigenvalue weighted by atomic mass is 9.94. The minimum Gasteiger partial charge on any atom is -0.340 e. The van der Waals surface area contributed by atoms with Gasteiger partial charge < -0.3 is 9.47 Å². The first-order chi connectivity index (χ1) is 22.1. The Morgan fingerprint density at radius 3 is 2.37 bits per heavy atom. The van der Waals surface area contributed by atoms with Gasteiger partial charge in [-0.2, -0.15) is 0 Å². The number of amides is 1. The third-order valence-electron chi connectivity index (χ3n) is 8.53. The number of nitrogens with zero attached hydrogens (tertiary/aromatic N) is 5. The van der Waals surface area contributed by atoms with Gasteiger partial charge in [0.15, 0.2) is 4.80 Å². The number of nitro groups is 1. The second-order valence-corrected chi connectivity index (χ2v) is 12.6. The molecule has 2 aromatic heterocycles. The predicted molar refractivity (Wildman–Crippen MR) is 182 cm³/mol. The number of carbonyl (C=O) groups is 1. The van der Waals surface area contributed by atoms with Crippen LogP contribution in [0, 0.1) is 17.0 Å². The molecule has 0 unspecified atom stereocenters. The minimum atomic E-state index is -0.659. The largest absolute Gasteiger partial charge is 0.340 e. The SMILES string of the molecule is CCN(CC)C(=O)C1=C(C)N=c2s/c(=C/c3c(C)n(Cc4ccc([N+](=O)[O-])cc4)c4ccccc34)c(=O)n2[C@H]1c1ccc(Cl)cc1. The number of fused-ring (bicyclic) bond motifs is 2. The van der Waals surface area contributed by atoms with Gasteiger partial charge in [-0.3, -0.25) is 24.3 Å². The molecular weight excluding hydrogens is 622 g/mol. The van der Waals surface area contributed by atoms with Crippen LogP contribution in [-0.2, 0) is 11.3 Å². The second kappa shape index (κ2) is 12.5. The van der Waals surface area contributed by atoms with Crippen LogP contribution in [0.15, 0.2) is 93.9 Å². The van der Waals surface area contributed by atoms with Crippen molar-refractivity contribution in [2.24, 2.45) is 4.99 Å². The zero-order valence-electron chi connectivity index (χ0n) is 25.9. The molecule has 0 radical (unpaired) electrons. The standard InChI is InChI=1S/C35H32ClN5O4S/c1-5-38(6-2)34(43)31-21(3)37-35-40(32(31)24-13-15-25(36)16-14-24)33(42)30(46-35)19-28-22(4)39(29-10-8-7-9-27(28)29)20-23-11-17-26(18-12-23)41(44)45/h7-19,32H,5-6,20H2,1-4H3/b30-19+/t32-/m0/s1. The minimum absolute atomic E-state index is 0.0444. The molecule has 1 atom stereocenters. The van der Waals surface area contributed by atoms with E-state index in [0.29, 0.717) is 45.3 Å². The molecule has 46 heavy (non-hydrogen) atoms. The highest BCUT2D eigenvalue weighted by Crippen LogP contribution is 2.32. The lowest BCUT2D eigenvalue weighted by Gasteiger charge is -2.29. The van der Waals surface area contributed by atoms with Gasteiger partial charge in [-0.25, -0.2) is 4.99 Å². The van der Waals surface area contributed by atoms with Crippen LogP contribution in [0.3, 0.4) is 0 Å². The van der Waals surface area contributed by atoms with Crippen molar-refractivity contribution in [2.75, 3.05) is 13.1 Å². The van der Waals surface area contributed by atoms with Crippen LogP contribution in [0.1, 0.15) is 49.2 Å². The highest BCUT2D eigenvalue weighted by molar-refractivity contribution is 7.07. The van der Waals surface area contributed by atoms with Crippen molar-refractivity contribution in [1.82, 2.24) is 14.0 Å². The average molecular weight is 654 g/mol. The second-order valence-electron chi connectivity index (χ2n) is 11.1. The van der Waals surface area contributed by atoms with Gasteiger partial charge in [-0.1, -0.05) is 65.4 Å². The van der Waals surface area contributed by atoms with E-state index in [2.05, 4.69) is 4.57 Å².